The van der Waals surface area contributed by atoms with Crippen LogP contribution in [-0.4, -0.2) is 58.5 Å². The molecule has 9 nitrogen and oxygen atoms in total. The standard InChI is InChI=1S/C22H24N8O/c1-3-29-17(7-13-8-24-11-26-19(13)29)21-27-15-6-14(9-25-20(15)28(21)2)22(31)30-10-12-4-5-16(30)18(12)23/h6-9,11-12,16,18H,3-5,10,23H2,1-2H3/t12-,16-,18-/m1/s1. The number of nitrogens with zero attached hydrogens (tertiary/aromatic N) is 7. The summed E-state index contributed by atoms with van der Waals surface area (Å²) in [6.07, 6.45) is 7.14. The molecule has 6 rings (SSSR count). The van der Waals surface area contributed by atoms with Gasteiger partial charge in [-0.1, -0.05) is 0 Å². The van der Waals surface area contributed by atoms with Gasteiger partial charge in [0.25, 0.3) is 5.91 Å². The first-order chi connectivity index (χ1) is 15.1. The molecule has 0 aromatic carbocycles. The van der Waals surface area contributed by atoms with E-state index in [0.29, 0.717) is 17.0 Å². The van der Waals surface area contributed by atoms with Crippen molar-refractivity contribution in [2.75, 3.05) is 6.54 Å². The van der Waals surface area contributed by atoms with Gasteiger partial charge >= 0.3 is 0 Å². The Kier molecular flexibility index (Phi) is 3.92. The highest BCUT2D eigenvalue weighted by molar-refractivity contribution is 5.97. The van der Waals surface area contributed by atoms with Gasteiger partial charge in [-0.2, -0.15) is 0 Å². The van der Waals surface area contributed by atoms with Crippen molar-refractivity contribution in [3.63, 3.8) is 0 Å². The third-order valence-electron chi connectivity index (χ3n) is 6.97. The van der Waals surface area contributed by atoms with Crippen molar-refractivity contribution in [1.29, 1.82) is 0 Å². The van der Waals surface area contributed by atoms with Gasteiger partial charge in [0, 0.05) is 50.0 Å². The zero-order valence-corrected chi connectivity index (χ0v) is 17.6. The van der Waals surface area contributed by atoms with Crippen molar-refractivity contribution in [3.8, 4) is 11.5 Å². The largest absolute Gasteiger partial charge is 0.334 e. The highest BCUT2D eigenvalue weighted by atomic mass is 16.2. The van der Waals surface area contributed by atoms with Crippen LogP contribution in [0.4, 0.5) is 0 Å². The van der Waals surface area contributed by atoms with Crippen molar-refractivity contribution in [3.05, 3.63) is 36.4 Å². The second-order valence-electron chi connectivity index (χ2n) is 8.58. The topological polar surface area (TPSA) is 108 Å². The molecular formula is C22H24N8O. The highest BCUT2D eigenvalue weighted by Crippen LogP contribution is 2.37. The van der Waals surface area contributed by atoms with Gasteiger partial charge in [0.05, 0.1) is 11.3 Å². The first-order valence-electron chi connectivity index (χ1n) is 10.8. The lowest BCUT2D eigenvalue weighted by atomic mass is 10.1. The van der Waals surface area contributed by atoms with Gasteiger partial charge in [0.2, 0.25) is 0 Å². The van der Waals surface area contributed by atoms with Crippen molar-refractivity contribution in [1.82, 2.24) is 34.0 Å². The predicted molar refractivity (Wildman–Crippen MR) is 116 cm³/mol. The molecule has 5 heterocycles. The van der Waals surface area contributed by atoms with Crippen LogP contribution in [0, 0.1) is 5.92 Å². The lowest BCUT2D eigenvalue weighted by molar-refractivity contribution is 0.0700. The lowest BCUT2D eigenvalue weighted by Gasteiger charge is -2.27. The number of hydrogen-bond acceptors (Lipinski definition) is 6. The number of nitrogens with two attached hydrogens (primary N) is 1. The van der Waals surface area contributed by atoms with Crippen LogP contribution in [0.1, 0.15) is 30.1 Å². The van der Waals surface area contributed by atoms with Gasteiger partial charge in [-0.15, -0.1) is 0 Å². The number of carbonyl (C=O) groups excluding carboxylic acids is 1. The molecule has 31 heavy (non-hydrogen) atoms. The Hall–Kier alpha value is -3.33. The smallest absolute Gasteiger partial charge is 0.255 e. The zero-order valence-electron chi connectivity index (χ0n) is 17.6. The minimum Gasteiger partial charge on any atom is -0.334 e. The van der Waals surface area contributed by atoms with Gasteiger partial charge in [0.1, 0.15) is 17.5 Å². The number of imidazole rings is 1. The molecule has 4 aromatic rings. The molecule has 4 aromatic heterocycles. The number of rotatable bonds is 3. The molecule has 2 aliphatic rings. The fraction of sp³-hybridized carbons (Fsp3) is 0.409. The van der Waals surface area contributed by atoms with E-state index in [1.807, 2.05) is 28.8 Å². The molecule has 0 spiro atoms. The molecule has 2 fully saturated rings. The molecule has 0 unspecified atom stereocenters. The molecule has 3 atom stereocenters. The van der Waals surface area contributed by atoms with Crippen LogP contribution in [0.25, 0.3) is 33.7 Å². The van der Waals surface area contributed by atoms with Crippen LogP contribution in [0.15, 0.2) is 30.9 Å². The van der Waals surface area contributed by atoms with Gasteiger partial charge < -0.3 is 19.8 Å². The van der Waals surface area contributed by atoms with Crippen molar-refractivity contribution < 1.29 is 4.79 Å². The molecule has 2 N–H and O–H groups in total. The Morgan fingerprint density at radius 3 is 2.81 bits per heavy atom. The monoisotopic (exact) mass is 416 g/mol. The van der Waals surface area contributed by atoms with E-state index in [0.717, 1.165) is 54.1 Å². The number of fused-ring (bicyclic) bond motifs is 4. The average Bonchev–Trinajstić information content (AvgIpc) is 3.52. The van der Waals surface area contributed by atoms with Crippen LogP contribution in [0.2, 0.25) is 0 Å². The number of pyridine rings is 1. The molecule has 0 radical (unpaired) electrons. The van der Waals surface area contributed by atoms with Crippen molar-refractivity contribution >= 4 is 28.1 Å². The maximum absolute atomic E-state index is 13.2. The fourth-order valence-electron chi connectivity index (χ4n) is 5.38. The van der Waals surface area contributed by atoms with Gasteiger partial charge in [-0.25, -0.2) is 19.9 Å². The quantitative estimate of drug-likeness (QED) is 0.547. The SMILES string of the molecule is CCn1c(-c2nc3cc(C(=O)N4C[C@H]5CC[C@@H]4[C@@H]5N)cnc3n2C)cc2cncnc21. The molecular weight excluding hydrogens is 392 g/mol. The number of amides is 1. The Balaban J connectivity index is 1.42. The number of aryl methyl sites for hydroxylation is 2. The Morgan fingerprint density at radius 1 is 1.19 bits per heavy atom. The molecule has 1 saturated carbocycles. The van der Waals surface area contributed by atoms with Crippen molar-refractivity contribution in [2.45, 2.75) is 38.4 Å². The normalized spacial score (nSPS) is 22.8. The zero-order chi connectivity index (χ0) is 21.3. The highest BCUT2D eigenvalue weighted by Gasteiger charge is 2.46. The van der Waals surface area contributed by atoms with E-state index in [1.54, 1.807) is 12.5 Å². The van der Waals surface area contributed by atoms with E-state index in [1.165, 1.54) is 0 Å². The fourth-order valence-corrected chi connectivity index (χ4v) is 5.38. The van der Waals surface area contributed by atoms with Crippen LogP contribution < -0.4 is 5.73 Å². The number of carbonyl (C=O) groups is 1. The molecule has 1 aliphatic heterocycles. The number of piperidine rings is 1. The van der Waals surface area contributed by atoms with Crippen LogP contribution >= 0.6 is 0 Å². The first kappa shape index (κ1) is 18.4. The van der Waals surface area contributed by atoms with E-state index in [4.69, 9.17) is 10.7 Å². The van der Waals surface area contributed by atoms with Crippen LogP contribution in [0.3, 0.4) is 0 Å². The van der Waals surface area contributed by atoms with Gasteiger partial charge in [0.15, 0.2) is 11.5 Å². The molecule has 9 heteroatoms. The summed E-state index contributed by atoms with van der Waals surface area (Å²) >= 11 is 0. The Bertz CT molecular complexity index is 1340. The van der Waals surface area contributed by atoms with E-state index in [9.17, 15) is 4.79 Å². The molecule has 1 saturated heterocycles. The van der Waals surface area contributed by atoms with Crippen LogP contribution in [0.5, 0.6) is 0 Å². The van der Waals surface area contributed by atoms with Gasteiger partial charge in [-0.05, 0) is 37.8 Å². The summed E-state index contributed by atoms with van der Waals surface area (Å²) in [5, 5.41) is 0.968. The minimum absolute atomic E-state index is 0.00204. The van der Waals surface area contributed by atoms with E-state index in [2.05, 4.69) is 32.5 Å². The Morgan fingerprint density at radius 2 is 2.06 bits per heavy atom. The molecule has 2 bridgehead atoms. The van der Waals surface area contributed by atoms with E-state index < -0.39 is 0 Å². The number of hydrogen-bond donors (Lipinski definition) is 1. The summed E-state index contributed by atoms with van der Waals surface area (Å²) in [5.41, 5.74) is 10.1. The third kappa shape index (κ3) is 2.56. The maximum atomic E-state index is 13.2. The second-order valence-corrected chi connectivity index (χ2v) is 8.58. The summed E-state index contributed by atoms with van der Waals surface area (Å²) in [5.74, 6) is 1.21. The molecule has 1 amide bonds. The van der Waals surface area contributed by atoms with E-state index >= 15 is 0 Å². The summed E-state index contributed by atoms with van der Waals surface area (Å²) < 4.78 is 4.08. The lowest BCUT2D eigenvalue weighted by Crippen LogP contribution is -2.41. The van der Waals surface area contributed by atoms with E-state index in [-0.39, 0.29) is 18.0 Å². The number of aromatic nitrogens is 6. The number of likely N-dealkylation sites (tertiary alicyclic amines) is 1. The summed E-state index contributed by atoms with van der Waals surface area (Å²) in [6, 6.07) is 4.15. The summed E-state index contributed by atoms with van der Waals surface area (Å²) in [7, 11) is 1.95. The summed E-state index contributed by atoms with van der Waals surface area (Å²) in [6.45, 7) is 3.58. The van der Waals surface area contributed by atoms with Crippen LogP contribution in [-0.2, 0) is 13.6 Å². The minimum atomic E-state index is 0.00204. The third-order valence-corrected chi connectivity index (χ3v) is 6.97. The van der Waals surface area contributed by atoms with Crippen molar-refractivity contribution in [2.24, 2.45) is 18.7 Å². The van der Waals surface area contributed by atoms with Gasteiger partial charge in [-0.3, -0.25) is 4.79 Å². The Labute approximate surface area is 178 Å². The maximum Gasteiger partial charge on any atom is 0.255 e. The second kappa shape index (κ2) is 6.58. The predicted octanol–water partition coefficient (Wildman–Crippen LogP) is 1.96. The first-order valence-corrected chi connectivity index (χ1v) is 10.8. The average molecular weight is 416 g/mol. The summed E-state index contributed by atoms with van der Waals surface area (Å²) in [4.78, 5) is 33.1. The molecule has 158 valence electrons. The molecule has 1 aliphatic carbocycles.